The number of hydrogen-bond donors (Lipinski definition) is 2. The predicted octanol–water partition coefficient (Wildman–Crippen LogP) is 2.47. The van der Waals surface area contributed by atoms with Crippen molar-refractivity contribution < 1.29 is 17.6 Å². The summed E-state index contributed by atoms with van der Waals surface area (Å²) in [6, 6.07) is 5.43. The lowest BCUT2D eigenvalue weighted by Gasteiger charge is -2.13. The van der Waals surface area contributed by atoms with E-state index in [1.165, 1.54) is 36.7 Å². The van der Waals surface area contributed by atoms with Gasteiger partial charge < -0.3 is 9.88 Å². The van der Waals surface area contributed by atoms with Crippen molar-refractivity contribution >= 4 is 32.5 Å². The number of carbonyl (C=O) groups is 1. The summed E-state index contributed by atoms with van der Waals surface area (Å²) in [5.74, 6) is 0.214. The number of nitrogens with zero attached hydrogens (tertiary/aromatic N) is 4. The number of hydrogen-bond acceptors (Lipinski definition) is 6. The zero-order valence-electron chi connectivity index (χ0n) is 16.6. The van der Waals surface area contributed by atoms with Gasteiger partial charge in [-0.15, -0.1) is 11.3 Å². The van der Waals surface area contributed by atoms with Crippen molar-refractivity contribution in [3.63, 3.8) is 0 Å². The molecule has 0 spiro atoms. The molecule has 9 nitrogen and oxygen atoms in total. The van der Waals surface area contributed by atoms with Crippen LogP contribution in [0.4, 0.5) is 14.3 Å². The van der Waals surface area contributed by atoms with Gasteiger partial charge in [-0.1, -0.05) is 12.1 Å². The average Bonchev–Trinajstić information content (AvgIpc) is 3.26. The highest BCUT2D eigenvalue weighted by Gasteiger charge is 2.25. The maximum absolute atomic E-state index is 13.2. The maximum atomic E-state index is 13.2. The van der Waals surface area contributed by atoms with E-state index in [9.17, 15) is 17.6 Å². The molecule has 2 N–H and O–H groups in total. The Kier molecular flexibility index (Phi) is 6.48. The molecule has 0 unspecified atom stereocenters. The number of anilines is 1. The van der Waals surface area contributed by atoms with Crippen LogP contribution in [0.3, 0.4) is 0 Å². The third kappa shape index (κ3) is 5.20. The maximum Gasteiger partial charge on any atom is 0.321 e. The van der Waals surface area contributed by atoms with Gasteiger partial charge in [-0.2, -0.15) is 4.31 Å². The fraction of sp³-hybridized carbons (Fsp3) is 0.278. The van der Waals surface area contributed by atoms with Gasteiger partial charge in [0.1, 0.15) is 11.6 Å². The Bertz CT molecular complexity index is 1140. The monoisotopic (exact) mass is 452 g/mol. The first-order valence-corrected chi connectivity index (χ1v) is 11.2. The van der Waals surface area contributed by atoms with E-state index < -0.39 is 16.1 Å². The van der Waals surface area contributed by atoms with E-state index in [0.717, 1.165) is 4.31 Å². The standard InChI is InChI=1S/C18H21FN6O3S2/c1-12-21-16(10-24(12)2)30(27,28)25(3)9-15-11-29-18(22-15)23-17(26)20-8-13-5-4-6-14(19)7-13/h4-7,10-11H,8-9H2,1-3H3,(H2,20,22,23,26). The Morgan fingerprint density at radius 2 is 2.10 bits per heavy atom. The molecule has 0 aliphatic rings. The highest BCUT2D eigenvalue weighted by molar-refractivity contribution is 7.89. The van der Waals surface area contributed by atoms with Crippen LogP contribution in [0, 0.1) is 12.7 Å². The van der Waals surface area contributed by atoms with E-state index in [-0.39, 0.29) is 23.9 Å². The highest BCUT2D eigenvalue weighted by Crippen LogP contribution is 2.20. The number of sulfonamides is 1. The normalized spacial score (nSPS) is 11.6. The fourth-order valence-corrected chi connectivity index (χ4v) is 4.39. The van der Waals surface area contributed by atoms with Crippen LogP contribution < -0.4 is 10.6 Å². The smallest absolute Gasteiger partial charge is 0.321 e. The van der Waals surface area contributed by atoms with Gasteiger partial charge in [-0.3, -0.25) is 5.32 Å². The number of thiazole rings is 1. The van der Waals surface area contributed by atoms with E-state index in [2.05, 4.69) is 20.6 Å². The Labute approximate surface area is 177 Å². The van der Waals surface area contributed by atoms with Crippen LogP contribution in [0.5, 0.6) is 0 Å². The van der Waals surface area contributed by atoms with Gasteiger partial charge in [-0.25, -0.2) is 27.6 Å². The predicted molar refractivity (Wildman–Crippen MR) is 111 cm³/mol. The quantitative estimate of drug-likeness (QED) is 0.572. The minimum Gasteiger partial charge on any atom is -0.337 e. The summed E-state index contributed by atoms with van der Waals surface area (Å²) >= 11 is 1.17. The van der Waals surface area contributed by atoms with Crippen molar-refractivity contribution in [2.75, 3.05) is 12.4 Å². The summed E-state index contributed by atoms with van der Waals surface area (Å²) < 4.78 is 41.3. The zero-order chi connectivity index (χ0) is 21.9. The minimum atomic E-state index is -3.76. The van der Waals surface area contributed by atoms with Crippen LogP contribution in [0.25, 0.3) is 0 Å². The summed E-state index contributed by atoms with van der Waals surface area (Å²) in [4.78, 5) is 20.3. The number of halogens is 1. The molecule has 0 radical (unpaired) electrons. The molecule has 0 fully saturated rings. The molecule has 2 amide bonds. The number of amides is 2. The van der Waals surface area contributed by atoms with E-state index >= 15 is 0 Å². The summed E-state index contributed by atoms with van der Waals surface area (Å²) in [6.45, 7) is 1.91. The van der Waals surface area contributed by atoms with Crippen LogP contribution in [-0.4, -0.2) is 40.3 Å². The molecule has 12 heteroatoms. The molecule has 0 saturated heterocycles. The largest absolute Gasteiger partial charge is 0.337 e. The van der Waals surface area contributed by atoms with Gasteiger partial charge in [-0.05, 0) is 24.6 Å². The third-order valence-electron chi connectivity index (χ3n) is 4.26. The second kappa shape index (κ2) is 8.90. The Morgan fingerprint density at radius 3 is 2.77 bits per heavy atom. The number of imidazole rings is 1. The number of aryl methyl sites for hydroxylation is 2. The second-order valence-corrected chi connectivity index (χ2v) is 9.43. The first-order valence-electron chi connectivity index (χ1n) is 8.85. The zero-order valence-corrected chi connectivity index (χ0v) is 18.2. The van der Waals surface area contributed by atoms with Crippen molar-refractivity contribution in [2.24, 2.45) is 7.05 Å². The lowest BCUT2D eigenvalue weighted by Crippen LogP contribution is -2.28. The molecule has 0 saturated carbocycles. The average molecular weight is 453 g/mol. The van der Waals surface area contributed by atoms with Crippen LogP contribution in [0.2, 0.25) is 0 Å². The number of nitrogens with one attached hydrogen (secondary N) is 2. The number of carbonyl (C=O) groups excluding carboxylic acids is 1. The van der Waals surface area contributed by atoms with Gasteiger partial charge in [0.05, 0.1) is 12.2 Å². The van der Waals surface area contributed by atoms with Gasteiger partial charge in [0.15, 0.2) is 10.2 Å². The lowest BCUT2D eigenvalue weighted by atomic mass is 10.2. The Morgan fingerprint density at radius 1 is 1.33 bits per heavy atom. The molecule has 3 aromatic rings. The van der Waals surface area contributed by atoms with E-state index in [4.69, 9.17) is 0 Å². The second-order valence-electron chi connectivity index (χ2n) is 6.58. The molecular formula is C18H21FN6O3S2. The van der Waals surface area contributed by atoms with E-state index in [1.54, 1.807) is 36.1 Å². The van der Waals surface area contributed by atoms with E-state index in [0.29, 0.717) is 22.2 Å². The van der Waals surface area contributed by atoms with Crippen molar-refractivity contribution in [1.82, 2.24) is 24.2 Å². The molecule has 0 aliphatic carbocycles. The molecule has 3 rings (SSSR count). The highest BCUT2D eigenvalue weighted by atomic mass is 32.2. The van der Waals surface area contributed by atoms with Crippen molar-refractivity contribution in [2.45, 2.75) is 25.0 Å². The molecule has 160 valence electrons. The number of aromatic nitrogens is 3. The van der Waals surface area contributed by atoms with Crippen LogP contribution in [-0.2, 0) is 30.2 Å². The minimum absolute atomic E-state index is 0.0288. The van der Waals surface area contributed by atoms with Crippen LogP contribution in [0.1, 0.15) is 17.1 Å². The van der Waals surface area contributed by atoms with Crippen molar-refractivity contribution in [1.29, 1.82) is 0 Å². The molecular weight excluding hydrogens is 431 g/mol. The molecule has 0 aliphatic heterocycles. The molecule has 30 heavy (non-hydrogen) atoms. The lowest BCUT2D eigenvalue weighted by molar-refractivity contribution is 0.251. The summed E-state index contributed by atoms with van der Waals surface area (Å²) in [7, 11) is -0.596. The van der Waals surface area contributed by atoms with Gasteiger partial charge >= 0.3 is 6.03 Å². The van der Waals surface area contributed by atoms with Crippen LogP contribution in [0.15, 0.2) is 40.9 Å². The van der Waals surface area contributed by atoms with Gasteiger partial charge in [0, 0.05) is 32.2 Å². The summed E-state index contributed by atoms with van der Waals surface area (Å²) in [5.41, 5.74) is 1.11. The topological polar surface area (TPSA) is 109 Å². The molecule has 2 heterocycles. The number of rotatable bonds is 7. The first kappa shape index (κ1) is 21.9. The summed E-state index contributed by atoms with van der Waals surface area (Å²) in [6.07, 6.45) is 1.46. The Hall–Kier alpha value is -2.83. The van der Waals surface area contributed by atoms with Gasteiger partial charge in [0.2, 0.25) is 0 Å². The molecule has 0 atom stereocenters. The summed E-state index contributed by atoms with van der Waals surface area (Å²) in [5, 5.41) is 7.15. The Balaban J connectivity index is 1.57. The van der Waals surface area contributed by atoms with Gasteiger partial charge in [0.25, 0.3) is 10.0 Å². The van der Waals surface area contributed by atoms with Crippen molar-refractivity contribution in [3.8, 4) is 0 Å². The van der Waals surface area contributed by atoms with E-state index in [1.807, 2.05) is 0 Å². The van der Waals surface area contributed by atoms with Crippen molar-refractivity contribution in [3.05, 3.63) is 58.7 Å². The number of urea groups is 1. The SMILES string of the molecule is Cc1nc(S(=O)(=O)N(C)Cc2csc(NC(=O)NCc3cccc(F)c3)n2)cn1C. The van der Waals surface area contributed by atoms with Crippen LogP contribution >= 0.6 is 11.3 Å². The fourth-order valence-electron chi connectivity index (χ4n) is 2.53. The third-order valence-corrected chi connectivity index (χ3v) is 6.74. The molecule has 2 aromatic heterocycles. The molecule has 1 aromatic carbocycles. The number of benzene rings is 1. The molecule has 0 bridgehead atoms. The first-order chi connectivity index (χ1) is 14.1.